The van der Waals surface area contributed by atoms with Crippen LogP contribution in [0.4, 0.5) is 0 Å². The van der Waals surface area contributed by atoms with Crippen LogP contribution in [0.2, 0.25) is 0 Å². The van der Waals surface area contributed by atoms with Gasteiger partial charge in [0, 0.05) is 7.05 Å². The Kier molecular flexibility index (Phi) is 1.41. The maximum absolute atomic E-state index is 10.9. The normalized spacial score (nSPS) is 22.2. The lowest BCUT2D eigenvalue weighted by atomic mass is 10.3. The van der Waals surface area contributed by atoms with Crippen LogP contribution in [-0.2, 0) is 4.79 Å². The van der Waals surface area contributed by atoms with E-state index >= 15 is 0 Å². The van der Waals surface area contributed by atoms with E-state index < -0.39 is 0 Å². The molecule has 1 aliphatic heterocycles. The average molecular weight is 141 g/mol. The van der Waals surface area contributed by atoms with E-state index in [9.17, 15) is 4.79 Å². The quantitative estimate of drug-likeness (QED) is 0.370. The van der Waals surface area contributed by atoms with E-state index in [1.165, 1.54) is 7.05 Å². The second-order valence-corrected chi connectivity index (χ2v) is 1.96. The highest BCUT2D eigenvalue weighted by Crippen LogP contribution is 2.01. The molecule has 10 heavy (non-hydrogen) atoms. The smallest absolute Gasteiger partial charge is 0.297 e. The van der Waals surface area contributed by atoms with E-state index in [4.69, 9.17) is 5.21 Å². The number of nitrogens with zero attached hydrogens (tertiary/aromatic N) is 3. The molecule has 0 aromatic rings. The number of hydrogen-bond acceptors (Lipinski definition) is 4. The van der Waals surface area contributed by atoms with Gasteiger partial charge in [-0.15, -0.1) is 0 Å². The van der Waals surface area contributed by atoms with Crippen molar-refractivity contribution < 1.29 is 10.0 Å². The summed E-state index contributed by atoms with van der Waals surface area (Å²) >= 11 is 0. The second-order valence-electron chi connectivity index (χ2n) is 1.96. The predicted molar refractivity (Wildman–Crippen MR) is 35.1 cm³/mol. The van der Waals surface area contributed by atoms with Crippen molar-refractivity contribution in [3.63, 3.8) is 0 Å². The summed E-state index contributed by atoms with van der Waals surface area (Å²) in [4.78, 5) is 10.9. The lowest BCUT2D eigenvalue weighted by molar-refractivity contribution is -0.122. The summed E-state index contributed by atoms with van der Waals surface area (Å²) in [5.41, 5.74) is 0.456. The van der Waals surface area contributed by atoms with Gasteiger partial charge in [-0.25, -0.2) is 5.01 Å². The maximum Gasteiger partial charge on any atom is 0.297 e. The van der Waals surface area contributed by atoms with E-state index in [1.54, 1.807) is 6.92 Å². The van der Waals surface area contributed by atoms with Gasteiger partial charge in [-0.05, 0) is 6.92 Å². The van der Waals surface area contributed by atoms with Gasteiger partial charge in [0.15, 0.2) is 5.71 Å². The molecule has 0 spiro atoms. The minimum atomic E-state index is -0.375. The molecule has 0 saturated heterocycles. The van der Waals surface area contributed by atoms with Crippen molar-refractivity contribution in [2.75, 3.05) is 7.05 Å². The van der Waals surface area contributed by atoms with Crippen LogP contribution in [0.5, 0.6) is 0 Å². The molecule has 5 nitrogen and oxygen atoms in total. The first kappa shape index (κ1) is 6.73. The van der Waals surface area contributed by atoms with Gasteiger partial charge in [-0.2, -0.15) is 5.10 Å². The lowest BCUT2D eigenvalue weighted by Gasteiger charge is -1.98. The zero-order valence-electron chi connectivity index (χ0n) is 5.70. The number of carbonyl (C=O) groups excluding carboxylic acids is 1. The van der Waals surface area contributed by atoms with Crippen LogP contribution in [0, 0.1) is 0 Å². The van der Waals surface area contributed by atoms with Crippen molar-refractivity contribution in [2.24, 2.45) is 10.3 Å². The van der Waals surface area contributed by atoms with Crippen molar-refractivity contribution in [1.29, 1.82) is 0 Å². The third-order valence-corrected chi connectivity index (χ3v) is 1.24. The molecule has 1 amide bonds. The zero-order valence-corrected chi connectivity index (χ0v) is 5.70. The fourth-order valence-corrected chi connectivity index (χ4v) is 0.741. The number of rotatable bonds is 0. The molecule has 0 aliphatic carbocycles. The van der Waals surface area contributed by atoms with Crippen LogP contribution in [0.15, 0.2) is 10.3 Å². The van der Waals surface area contributed by atoms with Crippen LogP contribution in [-0.4, -0.2) is 34.6 Å². The van der Waals surface area contributed by atoms with Crippen LogP contribution >= 0.6 is 0 Å². The average Bonchev–Trinajstić information content (AvgIpc) is 2.09. The van der Waals surface area contributed by atoms with Crippen LogP contribution in [0.1, 0.15) is 6.92 Å². The number of hydrazone groups is 1. The first-order valence-electron chi connectivity index (χ1n) is 2.72. The van der Waals surface area contributed by atoms with E-state index in [-0.39, 0.29) is 11.6 Å². The Balaban J connectivity index is 3.00. The molecule has 0 unspecified atom stereocenters. The zero-order chi connectivity index (χ0) is 7.72. The minimum absolute atomic E-state index is 0.0162. The molecular weight excluding hydrogens is 134 g/mol. The molecule has 54 valence electrons. The highest BCUT2D eigenvalue weighted by Gasteiger charge is 2.26. The molecule has 0 bridgehead atoms. The summed E-state index contributed by atoms with van der Waals surface area (Å²) in [7, 11) is 1.50. The van der Waals surface area contributed by atoms with Gasteiger partial charge in [0.1, 0.15) is 0 Å². The molecule has 1 aliphatic rings. The number of oxime groups is 1. The lowest BCUT2D eigenvalue weighted by Crippen LogP contribution is -2.23. The van der Waals surface area contributed by atoms with Gasteiger partial charge in [0.05, 0.1) is 5.71 Å². The van der Waals surface area contributed by atoms with Gasteiger partial charge in [-0.1, -0.05) is 5.16 Å². The molecule has 0 saturated carbocycles. The maximum atomic E-state index is 10.9. The van der Waals surface area contributed by atoms with Crippen LogP contribution in [0.25, 0.3) is 0 Å². The van der Waals surface area contributed by atoms with E-state index in [1.807, 2.05) is 0 Å². The monoisotopic (exact) mass is 141 g/mol. The van der Waals surface area contributed by atoms with Crippen molar-refractivity contribution >= 4 is 17.3 Å². The highest BCUT2D eigenvalue weighted by molar-refractivity contribution is 6.68. The molecule has 1 N–H and O–H groups in total. The number of amides is 1. The number of hydrogen-bond donors (Lipinski definition) is 1. The number of carbonyl (C=O) groups is 1. The van der Waals surface area contributed by atoms with Crippen molar-refractivity contribution in [3.8, 4) is 0 Å². The molecule has 0 aromatic carbocycles. The molecular formula is C5H7N3O2. The van der Waals surface area contributed by atoms with Gasteiger partial charge in [0.25, 0.3) is 5.91 Å². The van der Waals surface area contributed by atoms with Gasteiger partial charge < -0.3 is 5.21 Å². The second kappa shape index (κ2) is 2.09. The van der Waals surface area contributed by atoms with Gasteiger partial charge in [0.2, 0.25) is 0 Å². The van der Waals surface area contributed by atoms with Crippen molar-refractivity contribution in [3.05, 3.63) is 0 Å². The summed E-state index contributed by atoms with van der Waals surface area (Å²) in [6.07, 6.45) is 0. The van der Waals surface area contributed by atoms with Crippen molar-refractivity contribution in [1.82, 2.24) is 5.01 Å². The first-order chi connectivity index (χ1) is 4.66. The third-order valence-electron chi connectivity index (χ3n) is 1.24. The summed E-state index contributed by atoms with van der Waals surface area (Å²) in [6.45, 7) is 1.61. The minimum Gasteiger partial charge on any atom is -0.410 e. The molecule has 0 atom stereocenters. The Bertz CT molecular complexity index is 231. The van der Waals surface area contributed by atoms with Crippen molar-refractivity contribution in [2.45, 2.75) is 6.92 Å². The largest absolute Gasteiger partial charge is 0.410 e. The molecule has 0 fully saturated rings. The van der Waals surface area contributed by atoms with Gasteiger partial charge in [-0.3, -0.25) is 4.79 Å². The predicted octanol–water partition coefficient (Wildman–Crippen LogP) is -0.336. The summed E-state index contributed by atoms with van der Waals surface area (Å²) in [6, 6.07) is 0. The summed E-state index contributed by atoms with van der Waals surface area (Å²) in [5, 5.41) is 15.9. The SMILES string of the molecule is CC1=NN(C)C(=O)C1=NO. The topological polar surface area (TPSA) is 65.3 Å². The first-order valence-corrected chi connectivity index (χ1v) is 2.72. The Labute approximate surface area is 57.6 Å². The summed E-state index contributed by atoms with van der Waals surface area (Å²) in [5.74, 6) is -0.375. The molecule has 0 aromatic heterocycles. The van der Waals surface area contributed by atoms with Crippen LogP contribution < -0.4 is 0 Å². The Morgan fingerprint density at radius 3 is 2.50 bits per heavy atom. The Morgan fingerprint density at radius 2 is 2.30 bits per heavy atom. The van der Waals surface area contributed by atoms with Gasteiger partial charge >= 0.3 is 0 Å². The third kappa shape index (κ3) is 0.754. The molecule has 0 radical (unpaired) electrons. The van der Waals surface area contributed by atoms with E-state index in [0.717, 1.165) is 5.01 Å². The van der Waals surface area contributed by atoms with Crippen LogP contribution in [0.3, 0.4) is 0 Å². The Morgan fingerprint density at radius 1 is 1.70 bits per heavy atom. The standard InChI is InChI=1S/C5H7N3O2/c1-3-4(7-10)5(9)8(2)6-3/h10H,1-2H3. The fraction of sp³-hybridized carbons (Fsp3) is 0.400. The summed E-state index contributed by atoms with van der Waals surface area (Å²) < 4.78 is 0. The van der Waals surface area contributed by atoms with E-state index in [2.05, 4.69) is 10.3 Å². The fourth-order valence-electron chi connectivity index (χ4n) is 0.741. The Hall–Kier alpha value is -1.39. The molecule has 1 heterocycles. The molecule has 1 rings (SSSR count). The molecule has 5 heteroatoms. The highest BCUT2D eigenvalue weighted by atomic mass is 16.4. The van der Waals surface area contributed by atoms with E-state index in [0.29, 0.717) is 5.71 Å².